The predicted octanol–water partition coefficient (Wildman–Crippen LogP) is 2.91. The molecule has 7 nitrogen and oxygen atoms in total. The first-order valence-electron chi connectivity index (χ1n) is 14.4. The quantitative estimate of drug-likeness (QED) is 0.566. The fourth-order valence-corrected chi connectivity index (χ4v) is 9.00. The highest BCUT2D eigenvalue weighted by Crippen LogP contribution is 2.66. The number of carbonyl (C=O) groups is 1. The molecule has 8 rings (SSSR count). The number of piperidine rings is 1. The molecule has 1 amide bonds. The van der Waals surface area contributed by atoms with Crippen LogP contribution in [0.3, 0.4) is 0 Å². The Kier molecular flexibility index (Phi) is 4.88. The predicted molar refractivity (Wildman–Crippen MR) is 140 cm³/mol. The molecular formula is C31H36N2O5. The van der Waals surface area contributed by atoms with Gasteiger partial charge in [-0.2, -0.15) is 0 Å². The number of phenolic OH excluding ortho intramolecular Hbond substituents is 1. The zero-order valence-corrected chi connectivity index (χ0v) is 21.6. The van der Waals surface area contributed by atoms with E-state index in [0.717, 1.165) is 43.0 Å². The van der Waals surface area contributed by atoms with Gasteiger partial charge in [-0.3, -0.25) is 9.69 Å². The first-order chi connectivity index (χ1) is 18.4. The minimum Gasteiger partial charge on any atom is -0.504 e. The van der Waals surface area contributed by atoms with E-state index >= 15 is 0 Å². The van der Waals surface area contributed by atoms with E-state index in [4.69, 9.17) is 4.74 Å². The molecule has 200 valence electrons. The van der Waals surface area contributed by atoms with E-state index in [0.29, 0.717) is 31.6 Å². The number of aliphatic hydroxyl groups is 2. The zero-order chi connectivity index (χ0) is 25.8. The van der Waals surface area contributed by atoms with E-state index in [1.165, 1.54) is 18.4 Å². The van der Waals surface area contributed by atoms with Gasteiger partial charge in [0.25, 0.3) is 0 Å². The monoisotopic (exact) mass is 516 g/mol. The van der Waals surface area contributed by atoms with Gasteiger partial charge in [-0.15, -0.1) is 0 Å². The molecule has 3 aliphatic carbocycles. The molecule has 2 bridgehead atoms. The third-order valence-corrected chi connectivity index (χ3v) is 10.9. The summed E-state index contributed by atoms with van der Waals surface area (Å²) in [4.78, 5) is 18.3. The van der Waals surface area contributed by atoms with E-state index in [9.17, 15) is 20.1 Å². The lowest BCUT2D eigenvalue weighted by molar-refractivity contribution is -0.201. The van der Waals surface area contributed by atoms with Crippen molar-refractivity contribution in [3.63, 3.8) is 0 Å². The van der Waals surface area contributed by atoms with Crippen LogP contribution in [0.1, 0.15) is 61.3 Å². The van der Waals surface area contributed by atoms with Crippen LogP contribution in [0.4, 0.5) is 0 Å². The highest BCUT2D eigenvalue weighted by atomic mass is 16.5. The summed E-state index contributed by atoms with van der Waals surface area (Å²) in [6, 6.07) is 13.0. The second-order valence-electron chi connectivity index (χ2n) is 12.7. The minimum atomic E-state index is -0.959. The van der Waals surface area contributed by atoms with Crippen molar-refractivity contribution in [1.82, 2.24) is 9.80 Å². The van der Waals surface area contributed by atoms with Crippen LogP contribution in [0.5, 0.6) is 11.5 Å². The topological polar surface area (TPSA) is 93.5 Å². The van der Waals surface area contributed by atoms with Gasteiger partial charge >= 0.3 is 0 Å². The number of aliphatic hydroxyl groups excluding tert-OH is 1. The summed E-state index contributed by atoms with van der Waals surface area (Å²) in [5.74, 6) is 0.863. The Balaban J connectivity index is 1.17. The van der Waals surface area contributed by atoms with E-state index < -0.39 is 29.1 Å². The smallest absolute Gasteiger partial charge is 0.229 e. The molecule has 3 heterocycles. The molecule has 2 aromatic rings. The fourth-order valence-electron chi connectivity index (χ4n) is 9.00. The van der Waals surface area contributed by atoms with Gasteiger partial charge in [-0.25, -0.2) is 0 Å². The van der Waals surface area contributed by atoms with Crippen LogP contribution in [0.2, 0.25) is 0 Å². The molecule has 0 aromatic heterocycles. The summed E-state index contributed by atoms with van der Waals surface area (Å²) in [6.45, 7) is 2.51. The molecule has 6 aliphatic rings. The third-order valence-electron chi connectivity index (χ3n) is 10.9. The first-order valence-corrected chi connectivity index (χ1v) is 14.4. The first kappa shape index (κ1) is 23.3. The van der Waals surface area contributed by atoms with Crippen LogP contribution in [-0.4, -0.2) is 74.4 Å². The summed E-state index contributed by atoms with van der Waals surface area (Å²) >= 11 is 0. The number of phenols is 1. The molecule has 3 unspecified atom stereocenters. The van der Waals surface area contributed by atoms with Crippen molar-refractivity contribution in [2.75, 3.05) is 19.6 Å². The number of hydrogen-bond donors (Lipinski definition) is 3. The number of rotatable bonds is 5. The average molecular weight is 517 g/mol. The molecule has 7 heteroatoms. The summed E-state index contributed by atoms with van der Waals surface area (Å²) in [5, 5.41) is 34.6. The lowest BCUT2D eigenvalue weighted by atomic mass is 9.48. The van der Waals surface area contributed by atoms with Gasteiger partial charge in [0.2, 0.25) is 5.91 Å². The third kappa shape index (κ3) is 2.93. The maximum Gasteiger partial charge on any atom is 0.229 e. The minimum absolute atomic E-state index is 0.0221. The summed E-state index contributed by atoms with van der Waals surface area (Å²) in [5.41, 5.74) is 1.32. The molecule has 4 fully saturated rings. The van der Waals surface area contributed by atoms with Crippen LogP contribution >= 0.6 is 0 Å². The number of ether oxygens (including phenoxy) is 1. The number of carbonyl (C=O) groups excluding carboxylic acids is 1. The highest BCUT2D eigenvalue weighted by molar-refractivity contribution is 5.82. The maximum absolute atomic E-state index is 13.8. The number of amides is 1. The van der Waals surface area contributed by atoms with Crippen LogP contribution in [0, 0.1) is 11.8 Å². The van der Waals surface area contributed by atoms with Crippen molar-refractivity contribution >= 4 is 5.91 Å². The molecule has 7 atom stereocenters. The molecule has 1 spiro atoms. The second kappa shape index (κ2) is 7.96. The standard InChI is InChI=1S/C31H36N2O5/c34-23-9-8-20-16-24-31(37)12-10-22(33-14-11-21(29(33)36)26(35)19-4-2-1-3-5-19)28-30(31,25(20)27(23)38-28)13-15-32(24)17-18-6-7-18/h1-5,8-9,18,21-22,24,26,28,34-35,37H,6-7,10-17H2/t21?,22-,24+,26?,28-,30-,31?/m0/s1. The molecule has 2 saturated heterocycles. The lowest BCUT2D eigenvalue weighted by Gasteiger charge is -2.64. The van der Waals surface area contributed by atoms with Crippen molar-refractivity contribution in [1.29, 1.82) is 0 Å². The largest absolute Gasteiger partial charge is 0.504 e. The van der Waals surface area contributed by atoms with Crippen LogP contribution < -0.4 is 4.74 Å². The normalized spacial score (nSPS) is 38.2. The zero-order valence-electron chi connectivity index (χ0n) is 21.6. The number of benzene rings is 2. The van der Waals surface area contributed by atoms with Gasteiger partial charge < -0.3 is 25.0 Å². The Bertz CT molecular complexity index is 1300. The summed E-state index contributed by atoms with van der Waals surface area (Å²) in [7, 11) is 0. The Hall–Kier alpha value is -2.61. The fraction of sp³-hybridized carbons (Fsp3) is 0.581. The number of nitrogens with zero attached hydrogens (tertiary/aromatic N) is 2. The molecule has 38 heavy (non-hydrogen) atoms. The summed E-state index contributed by atoms with van der Waals surface area (Å²) < 4.78 is 6.67. The number of hydrogen-bond acceptors (Lipinski definition) is 6. The van der Waals surface area contributed by atoms with Gasteiger partial charge in [0.15, 0.2) is 11.5 Å². The van der Waals surface area contributed by atoms with E-state index in [1.54, 1.807) is 6.07 Å². The van der Waals surface area contributed by atoms with Crippen molar-refractivity contribution < 1.29 is 24.9 Å². The Morgan fingerprint density at radius 1 is 1.03 bits per heavy atom. The van der Waals surface area contributed by atoms with Gasteiger partial charge in [0.05, 0.1) is 29.1 Å². The molecule has 0 radical (unpaired) electrons. The Labute approximate surface area is 223 Å². The van der Waals surface area contributed by atoms with Crippen LogP contribution in [0.15, 0.2) is 42.5 Å². The molecule has 2 aromatic carbocycles. The van der Waals surface area contributed by atoms with Crippen molar-refractivity contribution in [2.24, 2.45) is 11.8 Å². The highest BCUT2D eigenvalue weighted by Gasteiger charge is 2.73. The second-order valence-corrected chi connectivity index (χ2v) is 12.7. The van der Waals surface area contributed by atoms with Gasteiger partial charge in [0, 0.05) is 24.7 Å². The number of aromatic hydroxyl groups is 1. The Morgan fingerprint density at radius 3 is 2.63 bits per heavy atom. The van der Waals surface area contributed by atoms with Crippen LogP contribution in [0.25, 0.3) is 0 Å². The van der Waals surface area contributed by atoms with Crippen molar-refractivity contribution in [3.8, 4) is 11.5 Å². The van der Waals surface area contributed by atoms with Gasteiger partial charge in [-0.05, 0) is 74.6 Å². The van der Waals surface area contributed by atoms with E-state index in [1.807, 2.05) is 41.3 Å². The van der Waals surface area contributed by atoms with Crippen LogP contribution in [-0.2, 0) is 16.6 Å². The Morgan fingerprint density at radius 2 is 1.84 bits per heavy atom. The van der Waals surface area contributed by atoms with Gasteiger partial charge in [0.1, 0.15) is 6.10 Å². The summed E-state index contributed by atoms with van der Waals surface area (Å²) in [6.07, 6.45) is 4.69. The maximum atomic E-state index is 13.8. The average Bonchev–Trinajstić information content (AvgIpc) is 3.56. The molecule has 2 saturated carbocycles. The molecular weight excluding hydrogens is 480 g/mol. The number of likely N-dealkylation sites (tertiary alicyclic amines) is 2. The van der Waals surface area contributed by atoms with E-state index in [-0.39, 0.29) is 23.7 Å². The van der Waals surface area contributed by atoms with E-state index in [2.05, 4.69) is 4.90 Å². The molecule has 3 N–H and O–H groups in total. The SMILES string of the molecule is O=C1C(C(O)c2ccccc2)CCN1[C@H]1CCC2(O)[C@H]3Cc4ccc(O)c5c4[C@@]2(CCN3CC2CC2)[C@H]1O5. The lowest BCUT2D eigenvalue weighted by Crippen LogP contribution is -2.78. The van der Waals surface area contributed by atoms with Gasteiger partial charge in [-0.1, -0.05) is 36.4 Å². The molecule has 3 aliphatic heterocycles. The van der Waals surface area contributed by atoms with Crippen molar-refractivity contribution in [2.45, 2.75) is 80.3 Å². The van der Waals surface area contributed by atoms with Crippen molar-refractivity contribution in [3.05, 3.63) is 59.2 Å².